The van der Waals surface area contributed by atoms with E-state index >= 15 is 0 Å². The van der Waals surface area contributed by atoms with Gasteiger partial charge < -0.3 is 15.0 Å². The maximum atomic E-state index is 13.8. The molecule has 5 heteroatoms. The molecular formula is C31H36N2O3. The fraction of sp³-hybridized carbons (Fsp3) is 0.355. The van der Waals surface area contributed by atoms with Gasteiger partial charge in [-0.15, -0.1) is 0 Å². The van der Waals surface area contributed by atoms with Gasteiger partial charge in [-0.05, 0) is 48.6 Å². The first-order valence-corrected chi connectivity index (χ1v) is 12.8. The van der Waals surface area contributed by atoms with E-state index in [-0.39, 0.29) is 24.3 Å². The van der Waals surface area contributed by atoms with Crippen LogP contribution < -0.4 is 10.1 Å². The van der Waals surface area contributed by atoms with Crippen molar-refractivity contribution in [2.75, 3.05) is 7.11 Å². The summed E-state index contributed by atoms with van der Waals surface area (Å²) in [7, 11) is 1.63. The van der Waals surface area contributed by atoms with Gasteiger partial charge in [-0.25, -0.2) is 0 Å². The van der Waals surface area contributed by atoms with Crippen molar-refractivity contribution in [2.45, 2.75) is 64.1 Å². The Labute approximate surface area is 214 Å². The number of benzene rings is 3. The highest BCUT2D eigenvalue weighted by atomic mass is 16.5. The van der Waals surface area contributed by atoms with E-state index < -0.39 is 6.04 Å². The zero-order valence-electron chi connectivity index (χ0n) is 21.3. The Morgan fingerprint density at radius 1 is 0.889 bits per heavy atom. The van der Waals surface area contributed by atoms with Crippen molar-refractivity contribution in [1.82, 2.24) is 10.2 Å². The molecule has 0 radical (unpaired) electrons. The third kappa shape index (κ3) is 6.97. The van der Waals surface area contributed by atoms with Gasteiger partial charge in [0.25, 0.3) is 0 Å². The van der Waals surface area contributed by atoms with Crippen LogP contribution >= 0.6 is 0 Å². The molecular weight excluding hydrogens is 448 g/mol. The van der Waals surface area contributed by atoms with Gasteiger partial charge in [-0.1, -0.05) is 85.1 Å². The molecule has 5 nitrogen and oxygen atoms in total. The lowest BCUT2D eigenvalue weighted by molar-refractivity contribution is -0.141. The number of nitrogens with zero attached hydrogens (tertiary/aromatic N) is 1. The van der Waals surface area contributed by atoms with Gasteiger partial charge in [0.05, 0.1) is 13.5 Å². The summed E-state index contributed by atoms with van der Waals surface area (Å²) >= 11 is 0. The molecule has 0 bridgehead atoms. The van der Waals surface area contributed by atoms with Crippen molar-refractivity contribution in [1.29, 1.82) is 0 Å². The van der Waals surface area contributed by atoms with Crippen molar-refractivity contribution < 1.29 is 14.3 Å². The number of methoxy groups -OCH3 is 1. The van der Waals surface area contributed by atoms with Crippen molar-refractivity contribution in [3.8, 4) is 5.75 Å². The summed E-state index contributed by atoms with van der Waals surface area (Å²) in [5.41, 5.74) is 4.10. The van der Waals surface area contributed by atoms with E-state index in [2.05, 4.69) is 5.32 Å². The summed E-state index contributed by atoms with van der Waals surface area (Å²) in [6, 6.07) is 25.3. The summed E-state index contributed by atoms with van der Waals surface area (Å²) in [6.45, 7) is 2.43. The molecule has 1 aliphatic rings. The number of hydrogen-bond acceptors (Lipinski definition) is 3. The minimum Gasteiger partial charge on any atom is -0.497 e. The molecule has 3 aromatic rings. The Balaban J connectivity index is 1.64. The van der Waals surface area contributed by atoms with Crippen LogP contribution in [0.15, 0.2) is 78.9 Å². The molecule has 3 aromatic carbocycles. The van der Waals surface area contributed by atoms with Crippen molar-refractivity contribution in [3.63, 3.8) is 0 Å². The monoisotopic (exact) mass is 484 g/mol. The van der Waals surface area contributed by atoms with Gasteiger partial charge >= 0.3 is 0 Å². The number of rotatable bonds is 10. The minimum absolute atomic E-state index is 0.0664. The number of aryl methyl sites for hydroxylation is 1. The topological polar surface area (TPSA) is 58.6 Å². The Morgan fingerprint density at radius 2 is 1.53 bits per heavy atom. The minimum atomic E-state index is -0.597. The second kappa shape index (κ2) is 12.4. The fourth-order valence-electron chi connectivity index (χ4n) is 4.83. The molecule has 4 rings (SSSR count). The zero-order valence-corrected chi connectivity index (χ0v) is 21.3. The second-order valence-electron chi connectivity index (χ2n) is 9.73. The fourth-order valence-corrected chi connectivity index (χ4v) is 4.83. The Kier molecular flexibility index (Phi) is 8.77. The molecule has 0 aliphatic heterocycles. The SMILES string of the molecule is COc1ccc(CC(=O)N(Cc2ccc(C)cc2)[C@H](Cc2ccccc2)C(=O)NC2CCCC2)cc1. The van der Waals surface area contributed by atoms with Crippen LogP contribution in [0, 0.1) is 6.92 Å². The van der Waals surface area contributed by atoms with Crippen molar-refractivity contribution >= 4 is 11.8 Å². The average Bonchev–Trinajstić information content (AvgIpc) is 3.41. The molecule has 2 amide bonds. The molecule has 188 valence electrons. The Hall–Kier alpha value is -3.60. The standard InChI is InChI=1S/C31H36N2O3/c1-23-12-14-26(15-13-23)22-33(30(34)21-25-16-18-28(36-2)19-17-25)29(20-24-8-4-3-5-9-24)31(35)32-27-10-6-7-11-27/h3-5,8-9,12-19,27,29H,6-7,10-11,20-22H2,1-2H3,(H,32,35)/t29-/m1/s1. The summed E-state index contributed by atoms with van der Waals surface area (Å²) in [4.78, 5) is 29.3. The van der Waals surface area contributed by atoms with Gasteiger partial charge in [0.2, 0.25) is 11.8 Å². The van der Waals surface area contributed by atoms with Gasteiger partial charge in [-0.3, -0.25) is 9.59 Å². The largest absolute Gasteiger partial charge is 0.497 e. The first-order chi connectivity index (χ1) is 17.5. The van der Waals surface area contributed by atoms with E-state index in [0.717, 1.165) is 53.7 Å². The van der Waals surface area contributed by atoms with Gasteiger partial charge in [0.1, 0.15) is 11.8 Å². The number of carbonyl (C=O) groups is 2. The molecule has 0 aromatic heterocycles. The first-order valence-electron chi connectivity index (χ1n) is 12.8. The summed E-state index contributed by atoms with van der Waals surface area (Å²) in [5.74, 6) is 0.616. The number of carbonyl (C=O) groups excluding carboxylic acids is 2. The number of nitrogens with one attached hydrogen (secondary N) is 1. The molecule has 0 saturated heterocycles. The second-order valence-corrected chi connectivity index (χ2v) is 9.73. The van der Waals surface area contributed by atoms with E-state index in [0.29, 0.717) is 13.0 Å². The van der Waals surface area contributed by atoms with Crippen molar-refractivity contribution in [2.24, 2.45) is 0 Å². The van der Waals surface area contributed by atoms with Gasteiger partial charge in [0, 0.05) is 19.0 Å². The number of hydrogen-bond donors (Lipinski definition) is 1. The third-order valence-corrected chi connectivity index (χ3v) is 6.96. The highest BCUT2D eigenvalue weighted by Crippen LogP contribution is 2.21. The highest BCUT2D eigenvalue weighted by Gasteiger charge is 2.32. The van der Waals surface area contributed by atoms with E-state index in [1.165, 1.54) is 0 Å². The predicted molar refractivity (Wildman–Crippen MR) is 143 cm³/mol. The smallest absolute Gasteiger partial charge is 0.243 e. The summed E-state index contributed by atoms with van der Waals surface area (Å²) < 4.78 is 5.26. The van der Waals surface area contributed by atoms with Gasteiger partial charge in [-0.2, -0.15) is 0 Å². The van der Waals surface area contributed by atoms with Crippen molar-refractivity contribution in [3.05, 3.63) is 101 Å². The zero-order chi connectivity index (χ0) is 25.3. The highest BCUT2D eigenvalue weighted by molar-refractivity contribution is 5.89. The third-order valence-electron chi connectivity index (χ3n) is 6.96. The quantitative estimate of drug-likeness (QED) is 0.428. The lowest BCUT2D eigenvalue weighted by Gasteiger charge is -2.32. The molecule has 0 spiro atoms. The molecule has 1 aliphatic carbocycles. The molecule has 1 atom stereocenters. The van der Waals surface area contributed by atoms with E-state index in [1.807, 2.05) is 85.8 Å². The molecule has 1 N–H and O–H groups in total. The summed E-state index contributed by atoms with van der Waals surface area (Å²) in [5, 5.41) is 3.26. The molecule has 36 heavy (non-hydrogen) atoms. The predicted octanol–water partition coefficient (Wildman–Crippen LogP) is 5.25. The van der Waals surface area contributed by atoms with Crippen LogP contribution in [-0.4, -0.2) is 35.9 Å². The normalized spacial score (nSPS) is 14.3. The molecule has 1 saturated carbocycles. The lowest BCUT2D eigenvalue weighted by Crippen LogP contribution is -2.52. The van der Waals surface area contributed by atoms with Crippen LogP contribution in [0.1, 0.15) is 47.9 Å². The Morgan fingerprint density at radius 3 is 2.17 bits per heavy atom. The number of ether oxygens (including phenoxy) is 1. The van der Waals surface area contributed by atoms with Crippen LogP contribution in [0.3, 0.4) is 0 Å². The van der Waals surface area contributed by atoms with Crippen LogP contribution in [0.4, 0.5) is 0 Å². The maximum Gasteiger partial charge on any atom is 0.243 e. The molecule has 0 unspecified atom stereocenters. The van der Waals surface area contributed by atoms with E-state index in [4.69, 9.17) is 4.74 Å². The van der Waals surface area contributed by atoms with Crippen LogP contribution in [0.5, 0.6) is 5.75 Å². The van der Waals surface area contributed by atoms with Crippen LogP contribution in [0.25, 0.3) is 0 Å². The molecule has 1 fully saturated rings. The molecule has 0 heterocycles. The summed E-state index contributed by atoms with van der Waals surface area (Å²) in [6.07, 6.45) is 4.97. The van der Waals surface area contributed by atoms with Gasteiger partial charge in [0.15, 0.2) is 0 Å². The van der Waals surface area contributed by atoms with Crippen LogP contribution in [0.2, 0.25) is 0 Å². The average molecular weight is 485 g/mol. The maximum absolute atomic E-state index is 13.8. The Bertz CT molecular complexity index is 1120. The van der Waals surface area contributed by atoms with E-state index in [1.54, 1.807) is 12.0 Å². The first kappa shape index (κ1) is 25.5. The number of amides is 2. The lowest BCUT2D eigenvalue weighted by atomic mass is 10.0. The van der Waals surface area contributed by atoms with Crippen LogP contribution in [-0.2, 0) is 29.0 Å². The van der Waals surface area contributed by atoms with E-state index in [9.17, 15) is 9.59 Å².